The highest BCUT2D eigenvalue weighted by atomic mass is 32.1. The van der Waals surface area contributed by atoms with Crippen molar-refractivity contribution in [3.8, 4) is 0 Å². The van der Waals surface area contributed by atoms with Crippen LogP contribution < -0.4 is 5.32 Å². The van der Waals surface area contributed by atoms with Crippen molar-refractivity contribution in [1.82, 2.24) is 5.32 Å². The third-order valence-electron chi connectivity index (χ3n) is 2.24. The van der Waals surface area contributed by atoms with Crippen LogP contribution in [0.15, 0.2) is 11.8 Å². The molecule has 1 saturated heterocycles. The van der Waals surface area contributed by atoms with Gasteiger partial charge in [-0.2, -0.15) is 0 Å². The second kappa shape index (κ2) is 3.07. The van der Waals surface area contributed by atoms with Crippen molar-refractivity contribution in [3.05, 3.63) is 11.8 Å². The lowest BCUT2D eigenvalue weighted by molar-refractivity contribution is -0.0371. The van der Waals surface area contributed by atoms with Gasteiger partial charge in [-0.05, 0) is 27.7 Å². The fraction of sp³-hybridized carbons (Fsp3) is 0.700. The normalized spacial score (nSPS) is 28.1. The Morgan fingerprint density at radius 2 is 1.77 bits per heavy atom. The highest BCUT2D eigenvalue weighted by Crippen LogP contribution is 2.39. The number of thiocarbonyl (C=S) groups is 1. The monoisotopic (exact) mass is 199 g/mol. The van der Waals surface area contributed by atoms with E-state index in [0.29, 0.717) is 0 Å². The minimum atomic E-state index is -0.318. The number of hydrogen-bond acceptors (Lipinski definition) is 3. The molecule has 0 amide bonds. The number of nitrogens with one attached hydrogen (secondary N) is 1. The third kappa shape index (κ3) is 1.76. The van der Waals surface area contributed by atoms with Crippen LogP contribution in [0.1, 0.15) is 27.7 Å². The first-order valence-corrected chi connectivity index (χ1v) is 4.85. The number of ether oxygens (including phenoxy) is 1. The second-order valence-electron chi connectivity index (χ2n) is 4.30. The Kier molecular flexibility index (Phi) is 2.52. The maximum Gasteiger partial charge on any atom is 0.0991 e. The topological polar surface area (TPSA) is 21.3 Å². The van der Waals surface area contributed by atoms with Gasteiger partial charge in [0.2, 0.25) is 0 Å². The standard InChI is InChI=1S/C10H17NOS/c1-9(2)7(6-11-5)8(13)10(3,4)12-9/h6,11H,1-5H3. The van der Waals surface area contributed by atoms with E-state index in [1.165, 1.54) is 0 Å². The molecule has 0 bridgehead atoms. The molecule has 0 radical (unpaired) electrons. The SMILES string of the molecule is CNC=C1C(=S)C(C)(C)OC1(C)C. The first kappa shape index (κ1) is 10.7. The zero-order valence-electron chi connectivity index (χ0n) is 8.89. The minimum Gasteiger partial charge on any atom is -0.394 e. The van der Waals surface area contributed by atoms with E-state index >= 15 is 0 Å². The fourth-order valence-electron chi connectivity index (χ4n) is 1.72. The lowest BCUT2D eigenvalue weighted by Gasteiger charge is -2.22. The molecule has 0 aliphatic carbocycles. The molecule has 0 spiro atoms. The summed E-state index contributed by atoms with van der Waals surface area (Å²) in [5.74, 6) is 0. The van der Waals surface area contributed by atoms with Crippen molar-refractivity contribution < 1.29 is 4.74 Å². The Bertz CT molecular complexity index is 266. The molecule has 0 atom stereocenters. The van der Waals surface area contributed by atoms with Gasteiger partial charge in [-0.1, -0.05) is 12.2 Å². The van der Waals surface area contributed by atoms with Crippen LogP contribution in [0.2, 0.25) is 0 Å². The van der Waals surface area contributed by atoms with E-state index in [2.05, 4.69) is 5.32 Å². The largest absolute Gasteiger partial charge is 0.394 e. The molecule has 3 heteroatoms. The van der Waals surface area contributed by atoms with Crippen LogP contribution in [-0.4, -0.2) is 23.1 Å². The maximum atomic E-state index is 5.86. The summed E-state index contributed by atoms with van der Waals surface area (Å²) in [5.41, 5.74) is 0.487. The molecule has 1 aliphatic rings. The number of hydrogen-bond donors (Lipinski definition) is 1. The third-order valence-corrected chi connectivity index (χ3v) is 2.95. The average Bonchev–Trinajstić information content (AvgIpc) is 2.09. The molecule has 0 aromatic heterocycles. The van der Waals surface area contributed by atoms with E-state index in [1.54, 1.807) is 0 Å². The van der Waals surface area contributed by atoms with Gasteiger partial charge in [-0.15, -0.1) is 0 Å². The molecule has 1 rings (SSSR count). The van der Waals surface area contributed by atoms with Gasteiger partial charge in [-0.3, -0.25) is 0 Å². The van der Waals surface area contributed by atoms with E-state index in [1.807, 2.05) is 40.9 Å². The Balaban J connectivity index is 3.10. The second-order valence-corrected chi connectivity index (χ2v) is 4.71. The maximum absolute atomic E-state index is 5.86. The highest BCUT2D eigenvalue weighted by Gasteiger charge is 2.46. The van der Waals surface area contributed by atoms with Crippen LogP contribution in [0.25, 0.3) is 0 Å². The lowest BCUT2D eigenvalue weighted by atomic mass is 9.94. The van der Waals surface area contributed by atoms with E-state index in [0.717, 1.165) is 10.4 Å². The van der Waals surface area contributed by atoms with Crippen LogP contribution in [0.4, 0.5) is 0 Å². The molecule has 1 aliphatic heterocycles. The summed E-state index contributed by atoms with van der Waals surface area (Å²) in [6, 6.07) is 0. The van der Waals surface area contributed by atoms with Crippen LogP contribution in [0, 0.1) is 0 Å². The lowest BCUT2D eigenvalue weighted by Crippen LogP contribution is -2.28. The summed E-state index contributed by atoms with van der Waals surface area (Å²) in [7, 11) is 1.87. The van der Waals surface area contributed by atoms with Crippen molar-refractivity contribution in [2.24, 2.45) is 0 Å². The van der Waals surface area contributed by atoms with Crippen LogP contribution >= 0.6 is 12.2 Å². The summed E-state index contributed by atoms with van der Waals surface area (Å²) in [6.45, 7) is 8.09. The van der Waals surface area contributed by atoms with Gasteiger partial charge < -0.3 is 10.1 Å². The quantitative estimate of drug-likeness (QED) is 0.516. The summed E-state index contributed by atoms with van der Waals surface area (Å²) in [6.07, 6.45) is 1.93. The molecule has 0 saturated carbocycles. The molecule has 0 aromatic rings. The minimum absolute atomic E-state index is 0.274. The van der Waals surface area contributed by atoms with Gasteiger partial charge in [0.1, 0.15) is 0 Å². The molecule has 1 N–H and O–H groups in total. The fourth-order valence-corrected chi connectivity index (χ4v) is 2.07. The van der Waals surface area contributed by atoms with Crippen LogP contribution in [0.5, 0.6) is 0 Å². The van der Waals surface area contributed by atoms with Crippen molar-refractivity contribution in [2.45, 2.75) is 38.9 Å². The number of rotatable bonds is 1. The van der Waals surface area contributed by atoms with Gasteiger partial charge >= 0.3 is 0 Å². The van der Waals surface area contributed by atoms with Crippen molar-refractivity contribution in [2.75, 3.05) is 7.05 Å². The average molecular weight is 199 g/mol. The molecule has 74 valence electrons. The first-order valence-electron chi connectivity index (χ1n) is 4.44. The zero-order valence-corrected chi connectivity index (χ0v) is 9.71. The van der Waals surface area contributed by atoms with Gasteiger partial charge in [0, 0.05) is 18.8 Å². The Morgan fingerprint density at radius 3 is 2.08 bits per heavy atom. The highest BCUT2D eigenvalue weighted by molar-refractivity contribution is 7.81. The molecular formula is C10H17NOS. The predicted octanol–water partition coefficient (Wildman–Crippen LogP) is 2.05. The molecule has 0 aromatic carbocycles. The smallest absolute Gasteiger partial charge is 0.0991 e. The van der Waals surface area contributed by atoms with E-state index in [9.17, 15) is 0 Å². The van der Waals surface area contributed by atoms with Gasteiger partial charge in [0.05, 0.1) is 16.1 Å². The Labute approximate surface area is 85.4 Å². The van der Waals surface area contributed by atoms with Crippen molar-refractivity contribution in [3.63, 3.8) is 0 Å². The Morgan fingerprint density at radius 1 is 1.23 bits per heavy atom. The molecule has 1 heterocycles. The van der Waals surface area contributed by atoms with Gasteiger partial charge in [0.25, 0.3) is 0 Å². The summed E-state index contributed by atoms with van der Waals surface area (Å²) < 4.78 is 5.86. The Hall–Kier alpha value is -0.410. The van der Waals surface area contributed by atoms with Crippen molar-refractivity contribution in [1.29, 1.82) is 0 Å². The first-order chi connectivity index (χ1) is 5.81. The van der Waals surface area contributed by atoms with Crippen molar-refractivity contribution >= 4 is 17.1 Å². The summed E-state index contributed by atoms with van der Waals surface area (Å²) >= 11 is 5.36. The predicted molar refractivity (Wildman–Crippen MR) is 59.0 cm³/mol. The van der Waals surface area contributed by atoms with E-state index in [-0.39, 0.29) is 11.2 Å². The summed E-state index contributed by atoms with van der Waals surface area (Å²) in [4.78, 5) is 0.895. The van der Waals surface area contributed by atoms with Gasteiger partial charge in [-0.25, -0.2) is 0 Å². The molecule has 13 heavy (non-hydrogen) atoms. The summed E-state index contributed by atoms with van der Waals surface area (Å²) in [5, 5.41) is 3.00. The molecule has 0 unspecified atom stereocenters. The van der Waals surface area contributed by atoms with E-state index < -0.39 is 0 Å². The van der Waals surface area contributed by atoms with Crippen LogP contribution in [0.3, 0.4) is 0 Å². The molecule has 1 fully saturated rings. The molecule has 2 nitrogen and oxygen atoms in total. The molecular weight excluding hydrogens is 182 g/mol. The van der Waals surface area contributed by atoms with Gasteiger partial charge in [0.15, 0.2) is 0 Å². The van der Waals surface area contributed by atoms with Crippen LogP contribution in [-0.2, 0) is 4.74 Å². The zero-order chi connectivity index (χ0) is 10.3. The van der Waals surface area contributed by atoms with E-state index in [4.69, 9.17) is 17.0 Å².